The maximum absolute atomic E-state index is 13.2. The zero-order valence-electron chi connectivity index (χ0n) is 14.2. The van der Waals surface area contributed by atoms with Crippen LogP contribution in [0, 0.1) is 5.82 Å². The third-order valence-corrected chi connectivity index (χ3v) is 5.97. The Bertz CT molecular complexity index is 876. The van der Waals surface area contributed by atoms with Gasteiger partial charge in [-0.2, -0.15) is 0 Å². The van der Waals surface area contributed by atoms with Gasteiger partial charge in [0.1, 0.15) is 5.82 Å². The quantitative estimate of drug-likeness (QED) is 0.836. The molecule has 0 aliphatic heterocycles. The van der Waals surface area contributed by atoms with E-state index < -0.39 is 21.7 Å². The predicted octanol–water partition coefficient (Wildman–Crippen LogP) is 3.69. The Morgan fingerprint density at radius 1 is 1.00 bits per heavy atom. The number of sulfonamides is 1. The van der Waals surface area contributed by atoms with Gasteiger partial charge in [0.2, 0.25) is 10.0 Å². The fourth-order valence-electron chi connectivity index (χ4n) is 3.06. The molecule has 7 heteroatoms. The lowest BCUT2D eigenvalue weighted by molar-refractivity contribution is 0.102. The van der Waals surface area contributed by atoms with Crippen molar-refractivity contribution in [3.63, 3.8) is 0 Å². The molecule has 0 unspecified atom stereocenters. The molecule has 2 N–H and O–H groups in total. The number of hydrogen-bond acceptors (Lipinski definition) is 3. The topological polar surface area (TPSA) is 75.3 Å². The Morgan fingerprint density at radius 3 is 2.35 bits per heavy atom. The molecule has 0 saturated heterocycles. The minimum atomic E-state index is -3.60. The molecule has 3 rings (SSSR count). The molecular formula is C19H21FN2O3S. The molecule has 2 aromatic rings. The number of nitrogens with one attached hydrogen (secondary N) is 2. The van der Waals surface area contributed by atoms with Crippen molar-refractivity contribution in [2.75, 3.05) is 5.32 Å². The second kappa shape index (κ2) is 7.97. The third-order valence-electron chi connectivity index (χ3n) is 4.44. The first kappa shape index (κ1) is 18.5. The lowest BCUT2D eigenvalue weighted by Crippen LogP contribution is -2.36. The number of rotatable bonds is 5. The average molecular weight is 376 g/mol. The Hall–Kier alpha value is -2.25. The fraction of sp³-hybridized carbons (Fsp3) is 0.316. The average Bonchev–Trinajstić information content (AvgIpc) is 2.62. The summed E-state index contributed by atoms with van der Waals surface area (Å²) >= 11 is 0. The van der Waals surface area contributed by atoms with Crippen molar-refractivity contribution in [3.8, 4) is 0 Å². The smallest absolute Gasteiger partial charge is 0.255 e. The van der Waals surface area contributed by atoms with Crippen LogP contribution in [0.5, 0.6) is 0 Å². The Kier molecular flexibility index (Phi) is 5.68. The highest BCUT2D eigenvalue weighted by Gasteiger charge is 2.22. The van der Waals surface area contributed by atoms with Crippen LogP contribution in [0.2, 0.25) is 0 Å². The Labute approximate surface area is 152 Å². The summed E-state index contributed by atoms with van der Waals surface area (Å²) < 4.78 is 40.8. The van der Waals surface area contributed by atoms with Crippen LogP contribution >= 0.6 is 0 Å². The normalized spacial score (nSPS) is 15.6. The summed E-state index contributed by atoms with van der Waals surface area (Å²) in [4.78, 5) is 12.3. The second-order valence-electron chi connectivity index (χ2n) is 6.45. The summed E-state index contributed by atoms with van der Waals surface area (Å²) in [6, 6.07) is 11.3. The van der Waals surface area contributed by atoms with E-state index in [4.69, 9.17) is 0 Å². The number of hydrogen-bond donors (Lipinski definition) is 2. The summed E-state index contributed by atoms with van der Waals surface area (Å²) in [5, 5.41) is 2.58. The summed E-state index contributed by atoms with van der Waals surface area (Å²) in [5.41, 5.74) is 0.636. The monoisotopic (exact) mass is 376 g/mol. The molecular weight excluding hydrogens is 355 g/mol. The van der Waals surface area contributed by atoms with E-state index in [-0.39, 0.29) is 10.9 Å². The number of carbonyl (C=O) groups is 1. The molecule has 0 spiro atoms. The summed E-state index contributed by atoms with van der Waals surface area (Å²) in [6.07, 6.45) is 4.92. The van der Waals surface area contributed by atoms with E-state index in [0.717, 1.165) is 32.1 Å². The van der Waals surface area contributed by atoms with Crippen molar-refractivity contribution in [3.05, 3.63) is 59.9 Å². The van der Waals surface area contributed by atoms with Crippen molar-refractivity contribution >= 4 is 21.6 Å². The lowest BCUT2D eigenvalue weighted by atomic mass is 9.96. The van der Waals surface area contributed by atoms with Crippen LogP contribution in [-0.2, 0) is 10.0 Å². The predicted molar refractivity (Wildman–Crippen MR) is 98.0 cm³/mol. The van der Waals surface area contributed by atoms with Crippen LogP contribution in [0.3, 0.4) is 0 Å². The first-order valence-corrected chi connectivity index (χ1v) is 10.1. The van der Waals surface area contributed by atoms with Gasteiger partial charge in [-0.25, -0.2) is 17.5 Å². The van der Waals surface area contributed by atoms with Gasteiger partial charge >= 0.3 is 0 Å². The van der Waals surface area contributed by atoms with Crippen molar-refractivity contribution in [1.29, 1.82) is 0 Å². The van der Waals surface area contributed by atoms with E-state index in [2.05, 4.69) is 10.0 Å². The van der Waals surface area contributed by atoms with E-state index in [9.17, 15) is 17.6 Å². The number of anilines is 1. The maximum atomic E-state index is 13.2. The van der Waals surface area contributed by atoms with Gasteiger partial charge in [-0.05, 0) is 55.3 Å². The minimum Gasteiger partial charge on any atom is -0.322 e. The van der Waals surface area contributed by atoms with E-state index in [1.807, 2.05) is 0 Å². The second-order valence-corrected chi connectivity index (χ2v) is 8.16. The van der Waals surface area contributed by atoms with Gasteiger partial charge in [0.25, 0.3) is 5.91 Å². The molecule has 0 aromatic heterocycles. The molecule has 1 saturated carbocycles. The number of carbonyl (C=O) groups excluding carboxylic acids is 1. The molecule has 0 heterocycles. The highest BCUT2D eigenvalue weighted by molar-refractivity contribution is 7.89. The van der Waals surface area contributed by atoms with Gasteiger partial charge in [-0.1, -0.05) is 25.3 Å². The molecule has 5 nitrogen and oxygen atoms in total. The molecule has 0 atom stereocenters. The van der Waals surface area contributed by atoms with Crippen LogP contribution in [0.4, 0.5) is 10.1 Å². The molecule has 138 valence electrons. The number of amides is 1. The summed E-state index contributed by atoms with van der Waals surface area (Å²) in [6.45, 7) is 0. The number of benzene rings is 2. The van der Waals surface area contributed by atoms with Crippen LogP contribution in [-0.4, -0.2) is 20.4 Å². The molecule has 0 bridgehead atoms. The van der Waals surface area contributed by atoms with Crippen molar-refractivity contribution in [2.45, 2.75) is 43.0 Å². The summed E-state index contributed by atoms with van der Waals surface area (Å²) in [5.74, 6) is -0.877. The van der Waals surface area contributed by atoms with Crippen LogP contribution in [0.25, 0.3) is 0 Å². The van der Waals surface area contributed by atoms with Gasteiger partial charge in [-0.3, -0.25) is 4.79 Å². The standard InChI is InChI=1S/C19H21FN2O3S/c20-15-5-4-8-17(13-15)21-19(23)14-9-11-18(12-10-14)26(24,25)22-16-6-2-1-3-7-16/h4-5,8-13,16,22H,1-3,6-7H2,(H,21,23). The van der Waals surface area contributed by atoms with Crippen LogP contribution in [0.15, 0.2) is 53.4 Å². The van der Waals surface area contributed by atoms with E-state index in [1.165, 1.54) is 42.5 Å². The van der Waals surface area contributed by atoms with Gasteiger partial charge in [0, 0.05) is 17.3 Å². The first-order valence-electron chi connectivity index (χ1n) is 8.63. The molecule has 1 fully saturated rings. The zero-order chi connectivity index (χ0) is 18.6. The van der Waals surface area contributed by atoms with Gasteiger partial charge < -0.3 is 5.32 Å². The zero-order valence-corrected chi connectivity index (χ0v) is 15.1. The van der Waals surface area contributed by atoms with E-state index in [1.54, 1.807) is 6.07 Å². The van der Waals surface area contributed by atoms with Gasteiger partial charge in [0.15, 0.2) is 0 Å². The molecule has 0 radical (unpaired) electrons. The molecule has 1 amide bonds. The molecule has 2 aromatic carbocycles. The van der Waals surface area contributed by atoms with Crippen LogP contribution in [0.1, 0.15) is 42.5 Å². The number of halogens is 1. The first-order chi connectivity index (χ1) is 12.4. The minimum absolute atomic E-state index is 0.0234. The molecule has 1 aliphatic rings. The van der Waals surface area contributed by atoms with E-state index in [0.29, 0.717) is 11.3 Å². The fourth-order valence-corrected chi connectivity index (χ4v) is 4.37. The molecule has 26 heavy (non-hydrogen) atoms. The maximum Gasteiger partial charge on any atom is 0.255 e. The molecule has 1 aliphatic carbocycles. The highest BCUT2D eigenvalue weighted by atomic mass is 32.2. The van der Waals surface area contributed by atoms with Crippen molar-refractivity contribution < 1.29 is 17.6 Å². The largest absolute Gasteiger partial charge is 0.322 e. The lowest BCUT2D eigenvalue weighted by Gasteiger charge is -2.22. The van der Waals surface area contributed by atoms with Gasteiger partial charge in [-0.15, -0.1) is 0 Å². The van der Waals surface area contributed by atoms with Crippen molar-refractivity contribution in [1.82, 2.24) is 4.72 Å². The van der Waals surface area contributed by atoms with Gasteiger partial charge in [0.05, 0.1) is 4.90 Å². The Balaban J connectivity index is 1.68. The van der Waals surface area contributed by atoms with Crippen molar-refractivity contribution in [2.24, 2.45) is 0 Å². The van der Waals surface area contributed by atoms with Crippen LogP contribution < -0.4 is 10.0 Å². The highest BCUT2D eigenvalue weighted by Crippen LogP contribution is 2.20. The summed E-state index contributed by atoms with van der Waals surface area (Å²) in [7, 11) is -3.60. The Morgan fingerprint density at radius 2 is 1.69 bits per heavy atom. The van der Waals surface area contributed by atoms with E-state index >= 15 is 0 Å². The SMILES string of the molecule is O=C(Nc1cccc(F)c1)c1ccc(S(=O)(=O)NC2CCCCC2)cc1. The third kappa shape index (κ3) is 4.68.